The number of hydrogen-bond donors (Lipinski definition) is 0. The van der Waals surface area contributed by atoms with Gasteiger partial charge in [-0.05, 0) is 28.3 Å². The molecule has 0 atom stereocenters. The Balaban J connectivity index is 0.00000280. The maximum Gasteiger partial charge on any atom is 0.501 e. The zero-order valence-electron chi connectivity index (χ0n) is 13.9. The van der Waals surface area contributed by atoms with Crippen molar-refractivity contribution in [2.75, 3.05) is 0 Å². The molecule has 28 heavy (non-hydrogen) atoms. The fourth-order valence-corrected chi connectivity index (χ4v) is 5.50. The standard InChI is InChI=1S/C15H8F6O4S2.Li/c16-14(17,18)26(22,23)12-6-5-10-9-4-2-1-3-8(9)7-11(10)13(12)27(24,25)15(19,20)21;/h1-6H,7H2;. The molecule has 0 saturated heterocycles. The smallest absolute Gasteiger partial charge is 0.214 e. The normalized spacial score (nSPS) is 14.2. The van der Waals surface area contributed by atoms with Gasteiger partial charge in [-0.25, -0.2) is 16.8 Å². The molecule has 0 heterocycles. The Morgan fingerprint density at radius 1 is 0.714 bits per heavy atom. The number of alkyl halides is 6. The van der Waals surface area contributed by atoms with Gasteiger partial charge in [0.25, 0.3) is 19.7 Å². The van der Waals surface area contributed by atoms with E-state index in [2.05, 4.69) is 0 Å². The monoisotopic (exact) mass is 437 g/mol. The predicted molar refractivity (Wildman–Crippen MR) is 86.9 cm³/mol. The summed E-state index contributed by atoms with van der Waals surface area (Å²) in [6, 6.07) is 7.06. The van der Waals surface area contributed by atoms with E-state index in [1.165, 1.54) is 24.3 Å². The van der Waals surface area contributed by atoms with Crippen LogP contribution in [0.5, 0.6) is 0 Å². The van der Waals surface area contributed by atoms with Gasteiger partial charge in [0.2, 0.25) is 0 Å². The Kier molecular flexibility index (Phi) is 5.53. The van der Waals surface area contributed by atoms with Crippen LogP contribution in [0.2, 0.25) is 0 Å². The van der Waals surface area contributed by atoms with Gasteiger partial charge in [-0.2, -0.15) is 26.3 Å². The van der Waals surface area contributed by atoms with Crippen LogP contribution in [0, 0.1) is 0 Å². The first-order valence-corrected chi connectivity index (χ1v) is 10.0. The summed E-state index contributed by atoms with van der Waals surface area (Å²) < 4.78 is 126. The zero-order valence-corrected chi connectivity index (χ0v) is 15.5. The first-order chi connectivity index (χ1) is 12.2. The first-order valence-electron chi connectivity index (χ1n) is 7.06. The fourth-order valence-electron chi connectivity index (χ4n) is 2.91. The number of halogens is 6. The van der Waals surface area contributed by atoms with E-state index in [1.807, 2.05) is 0 Å². The molecule has 3 rings (SSSR count). The van der Waals surface area contributed by atoms with E-state index >= 15 is 0 Å². The summed E-state index contributed by atoms with van der Waals surface area (Å²) in [5, 5.41) is 0. The van der Waals surface area contributed by atoms with E-state index in [0.717, 1.165) is 6.07 Å². The number of benzene rings is 2. The van der Waals surface area contributed by atoms with Gasteiger partial charge in [-0.15, -0.1) is 0 Å². The number of hydrogen-bond acceptors (Lipinski definition) is 4. The second-order valence-corrected chi connectivity index (χ2v) is 9.44. The SMILES string of the molecule is O=S(=O)(c1ccc2c(c1S(=O)(=O)C(F)(F)F)Cc1ccccc1-2)C(F)(F)F.[Li]. The van der Waals surface area contributed by atoms with Crippen molar-refractivity contribution in [3.8, 4) is 11.1 Å². The third kappa shape index (κ3) is 3.26. The summed E-state index contributed by atoms with van der Waals surface area (Å²) in [4.78, 5) is -3.81. The molecule has 0 bridgehead atoms. The van der Waals surface area contributed by atoms with Gasteiger partial charge in [0.05, 0.1) is 9.79 Å². The van der Waals surface area contributed by atoms with Crippen LogP contribution < -0.4 is 0 Å². The minimum absolute atomic E-state index is 0. The van der Waals surface area contributed by atoms with Crippen molar-refractivity contribution in [1.29, 1.82) is 0 Å². The van der Waals surface area contributed by atoms with Crippen molar-refractivity contribution in [3.05, 3.63) is 47.5 Å². The van der Waals surface area contributed by atoms with Crippen molar-refractivity contribution in [2.45, 2.75) is 27.2 Å². The minimum Gasteiger partial charge on any atom is -0.214 e. The van der Waals surface area contributed by atoms with Gasteiger partial charge in [-0.1, -0.05) is 30.3 Å². The molecule has 0 unspecified atom stereocenters. The van der Waals surface area contributed by atoms with Crippen molar-refractivity contribution in [2.24, 2.45) is 0 Å². The van der Waals surface area contributed by atoms with Crippen molar-refractivity contribution in [1.82, 2.24) is 0 Å². The molecule has 1 radical (unpaired) electrons. The number of fused-ring (bicyclic) bond motifs is 3. The first kappa shape index (κ1) is 22.8. The molecule has 0 N–H and O–H groups in total. The topological polar surface area (TPSA) is 68.3 Å². The van der Waals surface area contributed by atoms with Crippen LogP contribution in [0.25, 0.3) is 11.1 Å². The van der Waals surface area contributed by atoms with E-state index < -0.39 is 52.5 Å². The summed E-state index contributed by atoms with van der Waals surface area (Å²) in [5.41, 5.74) is -11.9. The molecule has 13 heteroatoms. The van der Waals surface area contributed by atoms with E-state index in [9.17, 15) is 43.2 Å². The van der Waals surface area contributed by atoms with Crippen LogP contribution in [-0.4, -0.2) is 46.7 Å². The van der Waals surface area contributed by atoms with E-state index in [0.29, 0.717) is 11.1 Å². The van der Waals surface area contributed by atoms with Crippen molar-refractivity contribution in [3.63, 3.8) is 0 Å². The second kappa shape index (κ2) is 6.79. The van der Waals surface area contributed by atoms with Gasteiger partial charge in [0, 0.05) is 25.3 Å². The molecule has 4 nitrogen and oxygen atoms in total. The summed E-state index contributed by atoms with van der Waals surface area (Å²) in [5.74, 6) is 0. The van der Waals surface area contributed by atoms with Gasteiger partial charge in [0.1, 0.15) is 0 Å². The average molecular weight is 437 g/mol. The molecular formula is C15H8F6LiO4S2. The third-order valence-corrected chi connectivity index (χ3v) is 7.34. The molecule has 2 aromatic rings. The Morgan fingerprint density at radius 2 is 1.25 bits per heavy atom. The number of sulfone groups is 2. The van der Waals surface area contributed by atoms with Gasteiger partial charge in [0.15, 0.2) is 0 Å². The molecule has 0 aliphatic heterocycles. The largest absolute Gasteiger partial charge is 0.501 e. The maximum absolute atomic E-state index is 13.1. The van der Waals surface area contributed by atoms with E-state index in [-0.39, 0.29) is 30.5 Å². The van der Waals surface area contributed by atoms with Crippen LogP contribution in [0.4, 0.5) is 26.3 Å². The van der Waals surface area contributed by atoms with Crippen LogP contribution in [0.15, 0.2) is 46.2 Å². The molecule has 0 aromatic heterocycles. The molecule has 147 valence electrons. The van der Waals surface area contributed by atoms with Gasteiger partial charge in [-0.3, -0.25) is 0 Å². The van der Waals surface area contributed by atoms with Crippen LogP contribution in [-0.2, 0) is 26.1 Å². The third-order valence-electron chi connectivity index (χ3n) is 4.07. The molecule has 1 aliphatic rings. The Bertz CT molecular complexity index is 1150. The zero-order chi connectivity index (χ0) is 20.4. The fraction of sp³-hybridized carbons (Fsp3) is 0.200. The Morgan fingerprint density at radius 3 is 1.79 bits per heavy atom. The predicted octanol–water partition coefficient (Wildman–Crippen LogP) is 3.46. The van der Waals surface area contributed by atoms with Gasteiger partial charge < -0.3 is 0 Å². The minimum atomic E-state index is -6.37. The Labute approximate surface area is 167 Å². The summed E-state index contributed by atoms with van der Waals surface area (Å²) >= 11 is 0. The molecule has 0 spiro atoms. The van der Waals surface area contributed by atoms with E-state index in [1.54, 1.807) is 0 Å². The maximum atomic E-state index is 13.1. The summed E-state index contributed by atoms with van der Waals surface area (Å²) in [7, 11) is -12.7. The van der Waals surface area contributed by atoms with Crippen LogP contribution in [0.3, 0.4) is 0 Å². The quantitative estimate of drug-likeness (QED) is 0.455. The molecule has 2 aromatic carbocycles. The second-order valence-electron chi connectivity index (χ2n) is 5.65. The van der Waals surface area contributed by atoms with Crippen molar-refractivity contribution >= 4 is 38.5 Å². The van der Waals surface area contributed by atoms with E-state index in [4.69, 9.17) is 0 Å². The molecular weight excluding hydrogens is 429 g/mol. The summed E-state index contributed by atoms with van der Waals surface area (Å²) in [6.45, 7) is 0. The average Bonchev–Trinajstić information content (AvgIpc) is 2.90. The Hall–Kier alpha value is -1.48. The van der Waals surface area contributed by atoms with Crippen molar-refractivity contribution < 1.29 is 43.2 Å². The molecule has 1 aliphatic carbocycles. The molecule has 0 fully saturated rings. The van der Waals surface area contributed by atoms with Crippen LogP contribution >= 0.6 is 0 Å². The molecule has 0 saturated carbocycles. The summed E-state index contributed by atoms with van der Waals surface area (Å²) in [6.07, 6.45) is -0.447. The molecule has 0 amide bonds. The number of rotatable bonds is 2. The van der Waals surface area contributed by atoms with Crippen LogP contribution in [0.1, 0.15) is 11.1 Å². The van der Waals surface area contributed by atoms with Gasteiger partial charge >= 0.3 is 11.0 Å².